The van der Waals surface area contributed by atoms with Gasteiger partial charge in [-0.15, -0.1) is 0 Å². The molecule has 7 heteroatoms. The summed E-state index contributed by atoms with van der Waals surface area (Å²) in [5, 5.41) is 0.166. The zero-order chi connectivity index (χ0) is 13.5. The maximum atomic E-state index is 12.3. The van der Waals surface area contributed by atoms with Crippen LogP contribution in [0.3, 0.4) is 0 Å². The van der Waals surface area contributed by atoms with Crippen LogP contribution in [0.25, 0.3) is 0 Å². The summed E-state index contributed by atoms with van der Waals surface area (Å²) in [6.45, 7) is 3.85. The van der Waals surface area contributed by atoms with Crippen molar-refractivity contribution < 1.29 is 8.42 Å². The Kier molecular flexibility index (Phi) is 3.36. The number of nitrogens with zero attached hydrogens (tertiary/aromatic N) is 2. The Morgan fingerprint density at radius 3 is 2.95 bits per heavy atom. The fourth-order valence-electron chi connectivity index (χ4n) is 3.18. The summed E-state index contributed by atoms with van der Waals surface area (Å²) in [4.78, 5) is 9.15. The molecule has 1 aromatic heterocycles. The molecule has 2 atom stereocenters. The minimum absolute atomic E-state index is 0.0360. The van der Waals surface area contributed by atoms with E-state index in [1.807, 2.05) is 0 Å². The topological polar surface area (TPSA) is 78.1 Å². The van der Waals surface area contributed by atoms with E-state index in [4.69, 9.17) is 0 Å². The lowest BCUT2D eigenvalue weighted by Crippen LogP contribution is -2.46. The van der Waals surface area contributed by atoms with Crippen LogP contribution in [0.15, 0.2) is 11.2 Å². The summed E-state index contributed by atoms with van der Waals surface area (Å²) in [5.74, 6) is 0.617. The highest BCUT2D eigenvalue weighted by atomic mass is 32.2. The molecule has 3 rings (SSSR count). The van der Waals surface area contributed by atoms with Crippen molar-refractivity contribution in [3.05, 3.63) is 12.0 Å². The van der Waals surface area contributed by atoms with Crippen LogP contribution in [0.4, 0.5) is 0 Å². The first-order chi connectivity index (χ1) is 9.06. The highest BCUT2D eigenvalue weighted by Crippen LogP contribution is 2.28. The van der Waals surface area contributed by atoms with E-state index in [-0.39, 0.29) is 11.1 Å². The van der Waals surface area contributed by atoms with Crippen LogP contribution in [-0.2, 0) is 10.0 Å². The molecule has 2 N–H and O–H groups in total. The zero-order valence-corrected chi connectivity index (χ0v) is 11.9. The van der Waals surface area contributed by atoms with E-state index in [1.165, 1.54) is 19.0 Å². The normalized spacial score (nSPS) is 28.5. The molecule has 0 saturated carbocycles. The van der Waals surface area contributed by atoms with Crippen LogP contribution >= 0.6 is 0 Å². The van der Waals surface area contributed by atoms with Gasteiger partial charge in [0, 0.05) is 18.6 Å². The van der Waals surface area contributed by atoms with Crippen molar-refractivity contribution in [3.8, 4) is 0 Å². The van der Waals surface area contributed by atoms with Crippen molar-refractivity contribution in [2.24, 2.45) is 0 Å². The standard InChI is InChI=1S/C12H20N4O2S/c1-9-13-8-12(14-9)19(17,18)15-10-5-7-16-6-3-2-4-11(10)16/h8,10-11,15H,2-7H2,1H3,(H,13,14). The third-order valence-electron chi connectivity index (χ3n) is 4.13. The lowest BCUT2D eigenvalue weighted by atomic mass is 10.00. The van der Waals surface area contributed by atoms with Gasteiger partial charge in [-0.2, -0.15) is 0 Å². The molecule has 1 aromatic rings. The molecule has 6 nitrogen and oxygen atoms in total. The largest absolute Gasteiger partial charge is 0.332 e. The summed E-state index contributed by atoms with van der Waals surface area (Å²) in [6.07, 6.45) is 5.80. The summed E-state index contributed by atoms with van der Waals surface area (Å²) in [7, 11) is -3.47. The predicted octanol–water partition coefficient (Wildman–Crippen LogP) is 0.623. The minimum Gasteiger partial charge on any atom is -0.332 e. The van der Waals surface area contributed by atoms with Crippen LogP contribution in [-0.4, -0.2) is 48.5 Å². The molecule has 0 aliphatic carbocycles. The molecule has 0 spiro atoms. The van der Waals surface area contributed by atoms with Gasteiger partial charge in [-0.3, -0.25) is 4.90 Å². The number of aryl methyl sites for hydroxylation is 1. The fraction of sp³-hybridized carbons (Fsp3) is 0.750. The van der Waals surface area contributed by atoms with Crippen molar-refractivity contribution in [1.82, 2.24) is 19.6 Å². The number of fused-ring (bicyclic) bond motifs is 1. The van der Waals surface area contributed by atoms with Crippen LogP contribution in [0.2, 0.25) is 0 Å². The first-order valence-electron chi connectivity index (χ1n) is 6.84. The van der Waals surface area contributed by atoms with E-state index in [9.17, 15) is 8.42 Å². The Labute approximate surface area is 113 Å². The maximum Gasteiger partial charge on any atom is 0.257 e. The second-order valence-electron chi connectivity index (χ2n) is 5.45. The smallest absolute Gasteiger partial charge is 0.257 e. The summed E-state index contributed by atoms with van der Waals surface area (Å²) < 4.78 is 27.4. The molecular weight excluding hydrogens is 264 g/mol. The van der Waals surface area contributed by atoms with Gasteiger partial charge in [0.15, 0.2) is 5.03 Å². The van der Waals surface area contributed by atoms with Crippen LogP contribution in [0, 0.1) is 6.92 Å². The Morgan fingerprint density at radius 1 is 1.37 bits per heavy atom. The first-order valence-corrected chi connectivity index (χ1v) is 8.32. The lowest BCUT2D eigenvalue weighted by molar-refractivity contribution is 0.186. The van der Waals surface area contributed by atoms with Crippen molar-refractivity contribution >= 4 is 10.0 Å². The molecule has 2 fully saturated rings. The SMILES string of the molecule is Cc1ncc(S(=O)(=O)NC2CCN3CCCCC23)[nH]1. The Balaban J connectivity index is 1.74. The third kappa shape index (κ3) is 2.54. The molecule has 3 heterocycles. The quantitative estimate of drug-likeness (QED) is 0.853. The first kappa shape index (κ1) is 13.1. The monoisotopic (exact) mass is 284 g/mol. The average Bonchev–Trinajstić information content (AvgIpc) is 2.97. The van der Waals surface area contributed by atoms with Crippen LogP contribution in [0.5, 0.6) is 0 Å². The molecule has 0 bridgehead atoms. The number of hydrogen-bond acceptors (Lipinski definition) is 4. The Hall–Kier alpha value is -0.920. The highest BCUT2D eigenvalue weighted by molar-refractivity contribution is 7.89. The number of imidazole rings is 1. The number of aromatic amines is 1. The number of nitrogens with one attached hydrogen (secondary N) is 2. The van der Waals surface area contributed by atoms with E-state index < -0.39 is 10.0 Å². The number of H-pyrrole nitrogens is 1. The molecule has 2 aliphatic rings. The molecule has 0 amide bonds. The Bertz CT molecular complexity index is 554. The molecule has 2 aliphatic heterocycles. The molecule has 0 aromatic carbocycles. The van der Waals surface area contributed by atoms with Gasteiger partial charge in [-0.1, -0.05) is 6.42 Å². The van der Waals surface area contributed by atoms with Gasteiger partial charge < -0.3 is 4.98 Å². The third-order valence-corrected chi connectivity index (χ3v) is 5.53. The second kappa shape index (κ2) is 4.88. The van der Waals surface area contributed by atoms with E-state index in [1.54, 1.807) is 6.92 Å². The van der Waals surface area contributed by atoms with E-state index in [2.05, 4.69) is 19.6 Å². The maximum absolute atomic E-state index is 12.3. The number of piperidine rings is 1. The van der Waals surface area contributed by atoms with E-state index >= 15 is 0 Å². The highest BCUT2D eigenvalue weighted by Gasteiger charge is 2.38. The Morgan fingerprint density at radius 2 is 2.21 bits per heavy atom. The van der Waals surface area contributed by atoms with Gasteiger partial charge in [0.2, 0.25) is 0 Å². The predicted molar refractivity (Wildman–Crippen MR) is 71.3 cm³/mol. The summed E-state index contributed by atoms with van der Waals surface area (Å²) >= 11 is 0. The molecule has 19 heavy (non-hydrogen) atoms. The number of aromatic nitrogens is 2. The number of sulfonamides is 1. The van der Waals surface area contributed by atoms with Gasteiger partial charge in [0.05, 0.1) is 6.20 Å². The molecule has 106 valence electrons. The average molecular weight is 284 g/mol. The van der Waals surface area contributed by atoms with E-state index in [0.29, 0.717) is 11.9 Å². The molecular formula is C12H20N4O2S. The minimum atomic E-state index is -3.47. The van der Waals surface area contributed by atoms with Gasteiger partial charge in [-0.25, -0.2) is 18.1 Å². The van der Waals surface area contributed by atoms with Crippen LogP contribution in [0.1, 0.15) is 31.5 Å². The zero-order valence-electron chi connectivity index (χ0n) is 11.1. The summed E-state index contributed by atoms with van der Waals surface area (Å²) in [5.41, 5.74) is 0. The van der Waals surface area contributed by atoms with Gasteiger partial charge in [0.1, 0.15) is 5.82 Å². The van der Waals surface area contributed by atoms with Crippen molar-refractivity contribution in [1.29, 1.82) is 0 Å². The molecule has 2 saturated heterocycles. The van der Waals surface area contributed by atoms with Gasteiger partial charge >= 0.3 is 0 Å². The van der Waals surface area contributed by atoms with Crippen molar-refractivity contribution in [2.75, 3.05) is 13.1 Å². The second-order valence-corrected chi connectivity index (χ2v) is 7.13. The number of hydrogen-bond donors (Lipinski definition) is 2. The summed E-state index contributed by atoms with van der Waals surface area (Å²) in [6, 6.07) is 0.404. The van der Waals surface area contributed by atoms with Crippen molar-refractivity contribution in [2.45, 2.75) is 49.7 Å². The van der Waals surface area contributed by atoms with E-state index in [0.717, 1.165) is 25.9 Å². The van der Waals surface area contributed by atoms with Gasteiger partial charge in [-0.05, 0) is 32.7 Å². The van der Waals surface area contributed by atoms with Crippen LogP contribution < -0.4 is 4.72 Å². The number of rotatable bonds is 3. The lowest BCUT2D eigenvalue weighted by Gasteiger charge is -2.32. The van der Waals surface area contributed by atoms with Crippen molar-refractivity contribution in [3.63, 3.8) is 0 Å². The fourth-order valence-corrected chi connectivity index (χ4v) is 4.46. The molecule has 2 unspecified atom stereocenters. The van der Waals surface area contributed by atoms with Gasteiger partial charge in [0.25, 0.3) is 10.0 Å². The molecule has 0 radical (unpaired) electrons.